The lowest BCUT2D eigenvalue weighted by Crippen LogP contribution is -2.20. The van der Waals surface area contributed by atoms with Gasteiger partial charge in [-0.15, -0.1) is 6.58 Å². The average molecular weight is 316 g/mol. The monoisotopic (exact) mass is 315 g/mol. The van der Waals surface area contributed by atoms with Crippen molar-refractivity contribution in [3.8, 4) is 11.5 Å². The normalized spacial score (nSPS) is 13.9. The van der Waals surface area contributed by atoms with Gasteiger partial charge in [0.1, 0.15) is 0 Å². The third-order valence-corrected chi connectivity index (χ3v) is 3.99. The van der Waals surface area contributed by atoms with Gasteiger partial charge in [0.25, 0.3) is 0 Å². The summed E-state index contributed by atoms with van der Waals surface area (Å²) in [7, 11) is 0. The highest BCUT2D eigenvalue weighted by Crippen LogP contribution is 2.39. The van der Waals surface area contributed by atoms with Crippen LogP contribution in [0.1, 0.15) is 23.6 Å². The highest BCUT2D eigenvalue weighted by atomic mass is 35.5. The SMILES string of the molecule is C=CC[C@@H](NCc1ccccc1)c1cc2c(cc1Cl)OCO2. The van der Waals surface area contributed by atoms with Gasteiger partial charge in [-0.1, -0.05) is 48.0 Å². The summed E-state index contributed by atoms with van der Waals surface area (Å²) < 4.78 is 10.8. The van der Waals surface area contributed by atoms with Crippen molar-refractivity contribution < 1.29 is 9.47 Å². The van der Waals surface area contributed by atoms with Crippen molar-refractivity contribution in [2.45, 2.75) is 19.0 Å². The average Bonchev–Trinajstić information content (AvgIpc) is 2.99. The smallest absolute Gasteiger partial charge is 0.231 e. The summed E-state index contributed by atoms with van der Waals surface area (Å²) in [6, 6.07) is 14.1. The minimum absolute atomic E-state index is 0.0831. The van der Waals surface area contributed by atoms with Crippen molar-refractivity contribution in [1.29, 1.82) is 0 Å². The molecule has 22 heavy (non-hydrogen) atoms. The van der Waals surface area contributed by atoms with Crippen LogP contribution < -0.4 is 14.8 Å². The Labute approximate surface area is 135 Å². The lowest BCUT2D eigenvalue weighted by molar-refractivity contribution is 0.174. The van der Waals surface area contributed by atoms with Crippen LogP contribution in [0.3, 0.4) is 0 Å². The summed E-state index contributed by atoms with van der Waals surface area (Å²) in [5.74, 6) is 1.45. The molecule has 1 aliphatic rings. The number of hydrogen-bond acceptors (Lipinski definition) is 3. The fraction of sp³-hybridized carbons (Fsp3) is 0.222. The molecule has 1 atom stereocenters. The first-order chi connectivity index (χ1) is 10.8. The second kappa shape index (κ2) is 6.86. The van der Waals surface area contributed by atoms with Crippen LogP contribution in [0.25, 0.3) is 0 Å². The summed E-state index contributed by atoms with van der Waals surface area (Å²) in [6.07, 6.45) is 2.68. The Morgan fingerprint density at radius 3 is 2.64 bits per heavy atom. The van der Waals surface area contributed by atoms with Gasteiger partial charge in [0, 0.05) is 23.7 Å². The van der Waals surface area contributed by atoms with Gasteiger partial charge >= 0.3 is 0 Å². The quantitative estimate of drug-likeness (QED) is 0.797. The molecular formula is C18H18ClNO2. The highest BCUT2D eigenvalue weighted by Gasteiger charge is 2.20. The molecule has 0 amide bonds. The topological polar surface area (TPSA) is 30.5 Å². The number of hydrogen-bond donors (Lipinski definition) is 1. The van der Waals surface area contributed by atoms with E-state index in [0.717, 1.165) is 24.3 Å². The molecule has 3 rings (SSSR count). The zero-order valence-electron chi connectivity index (χ0n) is 12.2. The second-order valence-corrected chi connectivity index (χ2v) is 5.58. The van der Waals surface area contributed by atoms with E-state index in [0.29, 0.717) is 10.8 Å². The zero-order chi connectivity index (χ0) is 15.4. The molecule has 2 aromatic rings. The van der Waals surface area contributed by atoms with Crippen LogP contribution in [0.2, 0.25) is 5.02 Å². The number of fused-ring (bicyclic) bond motifs is 1. The predicted molar refractivity (Wildman–Crippen MR) is 88.4 cm³/mol. The molecule has 0 bridgehead atoms. The number of halogens is 1. The zero-order valence-corrected chi connectivity index (χ0v) is 13.0. The molecule has 0 saturated heterocycles. The first-order valence-corrected chi connectivity index (χ1v) is 7.63. The van der Waals surface area contributed by atoms with E-state index in [1.165, 1.54) is 5.56 Å². The second-order valence-electron chi connectivity index (χ2n) is 5.17. The lowest BCUT2D eigenvalue weighted by Gasteiger charge is -2.19. The van der Waals surface area contributed by atoms with Crippen molar-refractivity contribution in [3.05, 3.63) is 71.3 Å². The van der Waals surface area contributed by atoms with Gasteiger partial charge in [-0.2, -0.15) is 0 Å². The highest BCUT2D eigenvalue weighted by molar-refractivity contribution is 6.31. The van der Waals surface area contributed by atoms with E-state index >= 15 is 0 Å². The van der Waals surface area contributed by atoms with Gasteiger partial charge in [0.15, 0.2) is 11.5 Å². The molecule has 0 spiro atoms. The molecule has 2 aromatic carbocycles. The first-order valence-electron chi connectivity index (χ1n) is 7.25. The van der Waals surface area contributed by atoms with Gasteiger partial charge < -0.3 is 14.8 Å². The van der Waals surface area contributed by atoms with Crippen molar-refractivity contribution in [2.75, 3.05) is 6.79 Å². The van der Waals surface area contributed by atoms with Crippen LogP contribution in [-0.4, -0.2) is 6.79 Å². The van der Waals surface area contributed by atoms with E-state index < -0.39 is 0 Å². The Kier molecular flexibility index (Phi) is 4.66. The van der Waals surface area contributed by atoms with E-state index in [1.807, 2.05) is 36.4 Å². The molecule has 0 fully saturated rings. The van der Waals surface area contributed by atoms with Crippen LogP contribution in [0.5, 0.6) is 11.5 Å². The molecule has 0 aliphatic carbocycles. The minimum atomic E-state index is 0.0831. The standard InChI is InChI=1S/C18H18ClNO2/c1-2-6-16(20-11-13-7-4-3-5-8-13)14-9-17-18(10-15(14)19)22-12-21-17/h2-5,7-10,16,20H,1,6,11-12H2/t16-/m1/s1. The van der Waals surface area contributed by atoms with Gasteiger partial charge in [-0.05, 0) is 23.6 Å². The molecule has 114 valence electrons. The lowest BCUT2D eigenvalue weighted by atomic mass is 10.0. The molecule has 4 heteroatoms. The number of ether oxygens (including phenoxy) is 2. The van der Waals surface area contributed by atoms with Gasteiger partial charge in [-0.3, -0.25) is 0 Å². The first kappa shape index (κ1) is 14.9. The summed E-state index contributed by atoms with van der Waals surface area (Å²) in [4.78, 5) is 0. The molecule has 0 radical (unpaired) electrons. The maximum Gasteiger partial charge on any atom is 0.231 e. The Balaban J connectivity index is 1.80. The maximum absolute atomic E-state index is 6.41. The largest absolute Gasteiger partial charge is 0.454 e. The third kappa shape index (κ3) is 3.26. The van der Waals surface area contributed by atoms with Gasteiger partial charge in [0.2, 0.25) is 6.79 Å². The number of benzene rings is 2. The van der Waals surface area contributed by atoms with Crippen molar-refractivity contribution >= 4 is 11.6 Å². The third-order valence-electron chi connectivity index (χ3n) is 3.67. The maximum atomic E-state index is 6.41. The molecule has 1 aliphatic heterocycles. The van der Waals surface area contributed by atoms with E-state index in [2.05, 4.69) is 24.0 Å². The van der Waals surface area contributed by atoms with Crippen LogP contribution in [-0.2, 0) is 6.54 Å². The summed E-state index contributed by atoms with van der Waals surface area (Å²) in [6.45, 7) is 4.86. The summed E-state index contributed by atoms with van der Waals surface area (Å²) in [5.41, 5.74) is 2.23. The summed E-state index contributed by atoms with van der Waals surface area (Å²) in [5, 5.41) is 4.21. The molecule has 0 unspecified atom stereocenters. The van der Waals surface area contributed by atoms with Crippen LogP contribution in [0.15, 0.2) is 55.1 Å². The van der Waals surface area contributed by atoms with Gasteiger partial charge in [-0.25, -0.2) is 0 Å². The fourth-order valence-corrected chi connectivity index (χ4v) is 2.81. The molecular weight excluding hydrogens is 298 g/mol. The summed E-state index contributed by atoms with van der Waals surface area (Å²) >= 11 is 6.41. The molecule has 3 nitrogen and oxygen atoms in total. The Morgan fingerprint density at radius 1 is 1.18 bits per heavy atom. The Morgan fingerprint density at radius 2 is 1.91 bits per heavy atom. The van der Waals surface area contributed by atoms with Crippen molar-refractivity contribution in [2.24, 2.45) is 0 Å². The number of nitrogens with one attached hydrogen (secondary N) is 1. The Bertz CT molecular complexity index is 658. The van der Waals surface area contributed by atoms with Crippen LogP contribution in [0.4, 0.5) is 0 Å². The van der Waals surface area contributed by atoms with Crippen LogP contribution in [0, 0.1) is 0 Å². The van der Waals surface area contributed by atoms with Crippen LogP contribution >= 0.6 is 11.6 Å². The molecule has 0 aromatic heterocycles. The molecule has 0 saturated carbocycles. The van der Waals surface area contributed by atoms with E-state index in [4.69, 9.17) is 21.1 Å². The van der Waals surface area contributed by atoms with E-state index in [9.17, 15) is 0 Å². The van der Waals surface area contributed by atoms with Gasteiger partial charge in [0.05, 0.1) is 0 Å². The molecule has 1 N–H and O–H groups in total. The van der Waals surface area contributed by atoms with Crippen molar-refractivity contribution in [3.63, 3.8) is 0 Å². The van der Waals surface area contributed by atoms with Crippen molar-refractivity contribution in [1.82, 2.24) is 5.32 Å². The number of rotatable bonds is 6. The predicted octanol–water partition coefficient (Wildman–Crippen LogP) is 4.48. The molecule has 1 heterocycles. The van der Waals surface area contributed by atoms with E-state index in [1.54, 1.807) is 0 Å². The Hall–Kier alpha value is -1.97. The van der Waals surface area contributed by atoms with E-state index in [-0.39, 0.29) is 12.8 Å². The minimum Gasteiger partial charge on any atom is -0.454 e. The fourth-order valence-electron chi connectivity index (χ4n) is 2.52.